The van der Waals surface area contributed by atoms with E-state index < -0.39 is 0 Å². The number of nitrogens with zero attached hydrogens (tertiary/aromatic N) is 1. The molecule has 2 N–H and O–H groups in total. The van der Waals surface area contributed by atoms with Crippen LogP contribution in [0, 0.1) is 0 Å². The topological polar surface area (TPSA) is 84.2 Å². The first-order valence-corrected chi connectivity index (χ1v) is 5.00. The van der Waals surface area contributed by atoms with Crippen LogP contribution in [-0.4, -0.2) is 16.8 Å². The highest BCUT2D eigenvalue weighted by Gasteiger charge is 2.07. The third-order valence-electron chi connectivity index (χ3n) is 1.99. The molecule has 0 unspecified atom stereocenters. The zero-order chi connectivity index (χ0) is 12.4. The highest BCUT2D eigenvalue weighted by Crippen LogP contribution is 2.22. The zero-order valence-electron chi connectivity index (χ0n) is 9.40. The lowest BCUT2D eigenvalue weighted by atomic mass is 10.3. The number of rotatable bonds is 2. The fourth-order valence-corrected chi connectivity index (χ4v) is 1.41. The number of fused-ring (bicyclic) bond motifs is 1. The van der Waals surface area contributed by atoms with Gasteiger partial charge in [-0.3, -0.25) is 14.9 Å². The number of carbonyl (C=O) groups is 2. The summed E-state index contributed by atoms with van der Waals surface area (Å²) in [5.41, 5.74) is 1.73. The van der Waals surface area contributed by atoms with Crippen LogP contribution in [0.4, 0.5) is 11.7 Å². The third-order valence-corrected chi connectivity index (χ3v) is 1.99. The van der Waals surface area contributed by atoms with Crippen LogP contribution in [0.1, 0.15) is 13.8 Å². The molecule has 1 heterocycles. The van der Waals surface area contributed by atoms with E-state index in [1.54, 1.807) is 18.2 Å². The predicted octanol–water partition coefficient (Wildman–Crippen LogP) is 1.74. The fraction of sp³-hybridized carbons (Fsp3) is 0.182. The summed E-state index contributed by atoms with van der Waals surface area (Å²) in [6.07, 6.45) is 0. The van der Waals surface area contributed by atoms with E-state index in [1.165, 1.54) is 13.8 Å². The summed E-state index contributed by atoms with van der Waals surface area (Å²) in [5.74, 6) is -0.412. The Hall–Kier alpha value is -2.37. The van der Waals surface area contributed by atoms with E-state index in [1.807, 2.05) is 0 Å². The van der Waals surface area contributed by atoms with Crippen molar-refractivity contribution in [2.45, 2.75) is 13.8 Å². The molecule has 0 atom stereocenters. The number of oxazole rings is 1. The Morgan fingerprint density at radius 3 is 2.53 bits per heavy atom. The number of carbonyl (C=O) groups excluding carboxylic acids is 2. The first-order chi connectivity index (χ1) is 8.04. The molecule has 1 aromatic carbocycles. The van der Waals surface area contributed by atoms with Crippen LogP contribution in [0.15, 0.2) is 22.6 Å². The Morgan fingerprint density at radius 2 is 1.88 bits per heavy atom. The van der Waals surface area contributed by atoms with E-state index >= 15 is 0 Å². The van der Waals surface area contributed by atoms with Crippen molar-refractivity contribution in [1.82, 2.24) is 4.98 Å². The second-order valence-corrected chi connectivity index (χ2v) is 3.56. The molecule has 6 heteroatoms. The maximum Gasteiger partial charge on any atom is 0.302 e. The Balaban J connectivity index is 2.33. The Kier molecular flexibility index (Phi) is 2.78. The summed E-state index contributed by atoms with van der Waals surface area (Å²) >= 11 is 0. The number of nitrogens with one attached hydrogen (secondary N) is 2. The maximum absolute atomic E-state index is 10.9. The molecule has 0 saturated heterocycles. The Morgan fingerprint density at radius 1 is 1.18 bits per heavy atom. The molecule has 0 saturated carbocycles. The molecule has 0 aliphatic heterocycles. The van der Waals surface area contributed by atoms with Gasteiger partial charge < -0.3 is 9.73 Å². The first kappa shape index (κ1) is 11.1. The molecule has 2 aromatic rings. The minimum absolute atomic E-state index is 0.146. The van der Waals surface area contributed by atoms with Crippen molar-refractivity contribution in [3.05, 3.63) is 18.2 Å². The average molecular weight is 233 g/mol. The number of hydrogen-bond acceptors (Lipinski definition) is 4. The van der Waals surface area contributed by atoms with Crippen molar-refractivity contribution in [2.75, 3.05) is 10.6 Å². The monoisotopic (exact) mass is 233 g/mol. The van der Waals surface area contributed by atoms with Gasteiger partial charge in [0.15, 0.2) is 5.58 Å². The zero-order valence-corrected chi connectivity index (χ0v) is 9.40. The summed E-state index contributed by atoms with van der Waals surface area (Å²) in [6.45, 7) is 2.80. The molecule has 17 heavy (non-hydrogen) atoms. The predicted molar refractivity (Wildman–Crippen MR) is 62.6 cm³/mol. The lowest BCUT2D eigenvalue weighted by Crippen LogP contribution is -2.05. The quantitative estimate of drug-likeness (QED) is 0.827. The largest absolute Gasteiger partial charge is 0.423 e. The van der Waals surface area contributed by atoms with Crippen LogP contribution >= 0.6 is 0 Å². The number of aromatic nitrogens is 1. The second-order valence-electron chi connectivity index (χ2n) is 3.56. The Bertz CT molecular complexity index is 575. The molecule has 88 valence electrons. The van der Waals surface area contributed by atoms with Crippen molar-refractivity contribution < 1.29 is 14.0 Å². The van der Waals surface area contributed by atoms with Crippen LogP contribution in [0.25, 0.3) is 11.1 Å². The molecule has 6 nitrogen and oxygen atoms in total. The molecular formula is C11H11N3O3. The van der Waals surface area contributed by atoms with Gasteiger partial charge in [-0.15, -0.1) is 0 Å². The molecule has 1 aromatic heterocycles. The van der Waals surface area contributed by atoms with Gasteiger partial charge in [0, 0.05) is 25.6 Å². The summed E-state index contributed by atoms with van der Waals surface area (Å²) in [7, 11) is 0. The van der Waals surface area contributed by atoms with Crippen molar-refractivity contribution in [3.8, 4) is 0 Å². The smallest absolute Gasteiger partial charge is 0.302 e. The van der Waals surface area contributed by atoms with Crippen molar-refractivity contribution >= 4 is 34.6 Å². The fourth-order valence-electron chi connectivity index (χ4n) is 1.41. The van der Waals surface area contributed by atoms with Gasteiger partial charge in [0.05, 0.1) is 0 Å². The molecule has 2 amide bonds. The highest BCUT2D eigenvalue weighted by atomic mass is 16.4. The van der Waals surface area contributed by atoms with Gasteiger partial charge in [-0.1, -0.05) is 0 Å². The molecule has 0 radical (unpaired) electrons. The molecular weight excluding hydrogens is 222 g/mol. The summed E-state index contributed by atoms with van der Waals surface area (Å²) in [4.78, 5) is 25.8. The summed E-state index contributed by atoms with van der Waals surface area (Å²) in [5, 5.41) is 5.08. The molecule has 2 rings (SSSR count). The normalized spacial score (nSPS) is 10.2. The number of anilines is 2. The maximum atomic E-state index is 10.9. The molecule has 0 spiro atoms. The van der Waals surface area contributed by atoms with Crippen LogP contribution in [0.3, 0.4) is 0 Å². The number of amides is 2. The van der Waals surface area contributed by atoms with E-state index in [4.69, 9.17) is 4.42 Å². The van der Waals surface area contributed by atoms with E-state index in [0.717, 1.165) is 0 Å². The van der Waals surface area contributed by atoms with Gasteiger partial charge in [0.2, 0.25) is 11.8 Å². The molecule has 0 bridgehead atoms. The highest BCUT2D eigenvalue weighted by molar-refractivity contribution is 5.92. The summed E-state index contributed by atoms with van der Waals surface area (Å²) < 4.78 is 5.31. The summed E-state index contributed by atoms with van der Waals surface area (Å²) in [6, 6.07) is 5.21. The minimum atomic E-state index is -0.251. The number of hydrogen-bond donors (Lipinski definition) is 2. The molecule has 0 fully saturated rings. The minimum Gasteiger partial charge on any atom is -0.423 e. The average Bonchev–Trinajstić information content (AvgIpc) is 2.56. The van der Waals surface area contributed by atoms with Gasteiger partial charge in [-0.25, -0.2) is 0 Å². The molecule has 0 aliphatic carbocycles. The van der Waals surface area contributed by atoms with Crippen LogP contribution < -0.4 is 10.6 Å². The van der Waals surface area contributed by atoms with E-state index in [9.17, 15) is 9.59 Å². The lowest BCUT2D eigenvalue weighted by molar-refractivity contribution is -0.115. The van der Waals surface area contributed by atoms with Crippen LogP contribution in [0.5, 0.6) is 0 Å². The SMILES string of the molecule is CC(=O)Nc1ccc2nc(NC(C)=O)oc2c1. The van der Waals surface area contributed by atoms with Gasteiger partial charge in [0.25, 0.3) is 0 Å². The van der Waals surface area contributed by atoms with Gasteiger partial charge in [0.1, 0.15) is 5.52 Å². The molecule has 0 aliphatic rings. The van der Waals surface area contributed by atoms with Gasteiger partial charge in [-0.05, 0) is 12.1 Å². The second kappa shape index (κ2) is 4.25. The third kappa shape index (κ3) is 2.60. The lowest BCUT2D eigenvalue weighted by Gasteiger charge is -1.99. The van der Waals surface area contributed by atoms with Gasteiger partial charge in [-0.2, -0.15) is 4.98 Å². The van der Waals surface area contributed by atoms with Crippen molar-refractivity contribution in [1.29, 1.82) is 0 Å². The van der Waals surface area contributed by atoms with Crippen molar-refractivity contribution in [2.24, 2.45) is 0 Å². The van der Waals surface area contributed by atoms with E-state index in [0.29, 0.717) is 16.8 Å². The van der Waals surface area contributed by atoms with E-state index in [-0.39, 0.29) is 17.8 Å². The first-order valence-electron chi connectivity index (χ1n) is 5.00. The Labute approximate surface area is 97.0 Å². The van der Waals surface area contributed by atoms with Crippen LogP contribution in [0.2, 0.25) is 0 Å². The van der Waals surface area contributed by atoms with E-state index in [2.05, 4.69) is 15.6 Å². The standard InChI is InChI=1S/C11H11N3O3/c1-6(15)12-8-3-4-9-10(5-8)17-11(14-9)13-7(2)16/h3-5H,1-2H3,(H,12,15)(H,13,14,16). The number of benzene rings is 1. The van der Waals surface area contributed by atoms with Gasteiger partial charge >= 0.3 is 6.01 Å². The van der Waals surface area contributed by atoms with Crippen LogP contribution in [-0.2, 0) is 9.59 Å². The van der Waals surface area contributed by atoms with Crippen molar-refractivity contribution in [3.63, 3.8) is 0 Å².